The molecule has 1 aliphatic rings. The molecule has 1 aliphatic heterocycles. The lowest BCUT2D eigenvalue weighted by Gasteiger charge is -2.29. The first-order valence-electron chi connectivity index (χ1n) is 5.64. The Balaban J connectivity index is 2.49. The Hall–Kier alpha value is -0.870. The quantitative estimate of drug-likeness (QED) is 0.564. The maximum atomic E-state index is 11.6. The van der Waals surface area contributed by atoms with Gasteiger partial charge in [-0.05, 0) is 39.2 Å². The molecule has 1 rings (SSSR count). The zero-order valence-electron chi connectivity index (χ0n) is 10.5. The van der Waals surface area contributed by atoms with Gasteiger partial charge in [-0.25, -0.2) is 4.79 Å². The second-order valence-corrected chi connectivity index (χ2v) is 5.53. The number of piperidine rings is 1. The molecule has 1 fully saturated rings. The summed E-state index contributed by atoms with van der Waals surface area (Å²) in [5.41, 5.74) is 0.432. The van der Waals surface area contributed by atoms with Crippen molar-refractivity contribution in [3.8, 4) is 0 Å². The standard InChI is InChI=1S/C12H18ClNO3/c1-12(2,3)11(16)17-14-6-4-9(5-7-14)10(13)8-15/h8H,4-7H2,1-3H3. The van der Waals surface area contributed by atoms with Gasteiger partial charge in [-0.15, -0.1) is 5.06 Å². The summed E-state index contributed by atoms with van der Waals surface area (Å²) in [5, 5.41) is 1.92. The summed E-state index contributed by atoms with van der Waals surface area (Å²) in [7, 11) is 0. The van der Waals surface area contributed by atoms with Crippen molar-refractivity contribution in [2.24, 2.45) is 5.41 Å². The minimum atomic E-state index is -0.503. The third-order valence-electron chi connectivity index (χ3n) is 2.59. The number of hydrogen-bond acceptors (Lipinski definition) is 4. The fourth-order valence-corrected chi connectivity index (χ4v) is 1.61. The van der Waals surface area contributed by atoms with Crippen molar-refractivity contribution in [3.63, 3.8) is 0 Å². The Kier molecular flexibility index (Phi) is 4.71. The maximum absolute atomic E-state index is 11.6. The van der Waals surface area contributed by atoms with E-state index in [9.17, 15) is 9.59 Å². The maximum Gasteiger partial charge on any atom is 0.330 e. The minimum Gasteiger partial charge on any atom is -0.367 e. The van der Waals surface area contributed by atoms with Crippen molar-refractivity contribution in [2.45, 2.75) is 33.6 Å². The molecule has 17 heavy (non-hydrogen) atoms. The van der Waals surface area contributed by atoms with Crippen LogP contribution in [-0.4, -0.2) is 30.4 Å². The first-order chi connectivity index (χ1) is 7.84. The molecule has 0 aromatic carbocycles. The van der Waals surface area contributed by atoms with Gasteiger partial charge in [0.2, 0.25) is 0 Å². The van der Waals surface area contributed by atoms with Crippen molar-refractivity contribution in [2.75, 3.05) is 13.1 Å². The first-order valence-corrected chi connectivity index (χ1v) is 6.02. The van der Waals surface area contributed by atoms with Crippen LogP contribution in [0.15, 0.2) is 10.6 Å². The molecular weight excluding hydrogens is 242 g/mol. The summed E-state index contributed by atoms with van der Waals surface area (Å²) >= 11 is 5.76. The summed E-state index contributed by atoms with van der Waals surface area (Å²) in [6.45, 7) is 6.61. The summed E-state index contributed by atoms with van der Waals surface area (Å²) < 4.78 is 0. The van der Waals surface area contributed by atoms with E-state index in [4.69, 9.17) is 16.4 Å². The van der Waals surface area contributed by atoms with Crippen LogP contribution in [0.4, 0.5) is 0 Å². The molecule has 1 heterocycles. The lowest BCUT2D eigenvalue weighted by molar-refractivity contribution is -0.202. The van der Waals surface area contributed by atoms with Gasteiger partial charge in [0.15, 0.2) is 6.29 Å². The fraction of sp³-hybridized carbons (Fsp3) is 0.667. The molecule has 0 atom stereocenters. The molecule has 0 aromatic heterocycles. The van der Waals surface area contributed by atoms with E-state index in [0.29, 0.717) is 32.2 Å². The summed E-state index contributed by atoms with van der Waals surface area (Å²) in [6.07, 6.45) is 1.98. The van der Waals surface area contributed by atoms with Crippen LogP contribution >= 0.6 is 11.6 Å². The van der Waals surface area contributed by atoms with E-state index in [1.54, 1.807) is 5.06 Å². The molecular formula is C12H18ClNO3. The number of halogens is 1. The second-order valence-electron chi connectivity index (χ2n) is 5.13. The highest BCUT2D eigenvalue weighted by Gasteiger charge is 2.27. The molecule has 0 unspecified atom stereocenters. The van der Waals surface area contributed by atoms with E-state index in [1.807, 2.05) is 20.8 Å². The van der Waals surface area contributed by atoms with E-state index in [-0.39, 0.29) is 11.0 Å². The largest absolute Gasteiger partial charge is 0.367 e. The molecule has 0 spiro atoms. The van der Waals surface area contributed by atoms with Crippen LogP contribution in [0.2, 0.25) is 0 Å². The SMILES string of the molecule is CC(C)(C)C(=O)ON1CCC(=C(Cl)C=O)CC1. The normalized spacial score (nSPS) is 17.8. The molecule has 0 radical (unpaired) electrons. The van der Waals surface area contributed by atoms with Crippen molar-refractivity contribution < 1.29 is 14.4 Å². The van der Waals surface area contributed by atoms with Crippen LogP contribution in [0.5, 0.6) is 0 Å². The third kappa shape index (κ3) is 4.13. The Morgan fingerprint density at radius 3 is 2.29 bits per heavy atom. The average molecular weight is 260 g/mol. The zero-order chi connectivity index (χ0) is 13.1. The molecule has 0 aliphatic carbocycles. The molecule has 5 heteroatoms. The van der Waals surface area contributed by atoms with Crippen LogP contribution in [0, 0.1) is 5.41 Å². The highest BCUT2D eigenvalue weighted by Crippen LogP contribution is 2.23. The van der Waals surface area contributed by atoms with Gasteiger partial charge in [0, 0.05) is 13.1 Å². The molecule has 0 amide bonds. The summed E-state index contributed by atoms with van der Waals surface area (Å²) in [4.78, 5) is 27.4. The predicted molar refractivity (Wildman–Crippen MR) is 65.3 cm³/mol. The van der Waals surface area contributed by atoms with E-state index < -0.39 is 5.41 Å². The smallest absolute Gasteiger partial charge is 0.330 e. The van der Waals surface area contributed by atoms with Crippen LogP contribution in [0.25, 0.3) is 0 Å². The van der Waals surface area contributed by atoms with E-state index in [1.165, 1.54) is 0 Å². The van der Waals surface area contributed by atoms with Gasteiger partial charge in [-0.3, -0.25) is 4.79 Å². The molecule has 4 nitrogen and oxygen atoms in total. The van der Waals surface area contributed by atoms with Gasteiger partial charge in [-0.1, -0.05) is 11.6 Å². The highest BCUT2D eigenvalue weighted by atomic mass is 35.5. The first kappa shape index (κ1) is 14.2. The van der Waals surface area contributed by atoms with Crippen molar-refractivity contribution in [3.05, 3.63) is 10.6 Å². The molecule has 0 N–H and O–H groups in total. The van der Waals surface area contributed by atoms with Crippen molar-refractivity contribution in [1.29, 1.82) is 0 Å². The highest BCUT2D eigenvalue weighted by molar-refractivity contribution is 6.39. The number of hydroxylamine groups is 2. The van der Waals surface area contributed by atoms with Gasteiger partial charge in [-0.2, -0.15) is 0 Å². The Bertz CT molecular complexity index is 334. The number of carbonyl (C=O) groups excluding carboxylic acids is 2. The number of aldehydes is 1. The van der Waals surface area contributed by atoms with Crippen molar-refractivity contribution >= 4 is 23.9 Å². The lowest BCUT2D eigenvalue weighted by Crippen LogP contribution is -2.37. The topological polar surface area (TPSA) is 46.6 Å². The zero-order valence-corrected chi connectivity index (χ0v) is 11.2. The number of carbonyl (C=O) groups is 2. The second kappa shape index (κ2) is 5.65. The lowest BCUT2D eigenvalue weighted by atomic mass is 9.98. The molecule has 1 saturated heterocycles. The van der Waals surface area contributed by atoms with E-state index in [0.717, 1.165) is 5.57 Å². The van der Waals surface area contributed by atoms with E-state index in [2.05, 4.69) is 0 Å². The van der Waals surface area contributed by atoms with Crippen LogP contribution in [0.3, 0.4) is 0 Å². The predicted octanol–water partition coefficient (Wildman–Crippen LogP) is 2.28. The molecule has 0 saturated carbocycles. The van der Waals surface area contributed by atoms with Crippen LogP contribution < -0.4 is 0 Å². The van der Waals surface area contributed by atoms with Gasteiger partial charge < -0.3 is 4.84 Å². The Labute approximate surface area is 107 Å². The van der Waals surface area contributed by atoms with Gasteiger partial charge in [0.05, 0.1) is 10.4 Å². The van der Waals surface area contributed by atoms with E-state index >= 15 is 0 Å². The number of nitrogens with zero attached hydrogens (tertiary/aromatic N) is 1. The Morgan fingerprint density at radius 1 is 1.35 bits per heavy atom. The fourth-order valence-electron chi connectivity index (χ4n) is 1.42. The van der Waals surface area contributed by atoms with Gasteiger partial charge in [0.25, 0.3) is 0 Å². The third-order valence-corrected chi connectivity index (χ3v) is 2.95. The average Bonchev–Trinajstić information content (AvgIpc) is 2.27. The summed E-state index contributed by atoms with van der Waals surface area (Å²) in [6, 6.07) is 0. The summed E-state index contributed by atoms with van der Waals surface area (Å²) in [5.74, 6) is -0.244. The Morgan fingerprint density at radius 2 is 1.88 bits per heavy atom. The van der Waals surface area contributed by atoms with Gasteiger partial charge in [0.1, 0.15) is 0 Å². The number of rotatable bonds is 2. The van der Waals surface area contributed by atoms with Crippen LogP contribution in [0.1, 0.15) is 33.6 Å². The molecule has 0 aromatic rings. The monoisotopic (exact) mass is 259 g/mol. The van der Waals surface area contributed by atoms with Crippen molar-refractivity contribution in [1.82, 2.24) is 5.06 Å². The molecule has 96 valence electrons. The minimum absolute atomic E-state index is 0.244. The van der Waals surface area contributed by atoms with Gasteiger partial charge >= 0.3 is 5.97 Å². The number of hydrogen-bond donors (Lipinski definition) is 0. The molecule has 0 bridgehead atoms. The van der Waals surface area contributed by atoms with Crippen LogP contribution in [-0.2, 0) is 14.4 Å². The number of allylic oxidation sites excluding steroid dienone is 1.